The number of carbonyl (C=O) groups is 1. The maximum absolute atomic E-state index is 12.9. The molecule has 2 fully saturated rings. The van der Waals surface area contributed by atoms with Gasteiger partial charge in [-0.15, -0.1) is 0 Å². The van der Waals surface area contributed by atoms with Crippen LogP contribution in [0.25, 0.3) is 0 Å². The molecule has 0 unspecified atom stereocenters. The van der Waals surface area contributed by atoms with Crippen molar-refractivity contribution in [1.29, 1.82) is 0 Å². The second-order valence-corrected chi connectivity index (χ2v) is 9.58. The van der Waals surface area contributed by atoms with Crippen LogP contribution in [0.1, 0.15) is 44.6 Å². The summed E-state index contributed by atoms with van der Waals surface area (Å²) in [7, 11) is -3.12. The number of piperidine rings is 2. The largest absolute Gasteiger partial charge is 0.342 e. The number of amides is 1. The molecule has 2 aliphatic rings. The Bertz CT molecular complexity index is 709. The average Bonchev–Trinajstić information content (AvgIpc) is 2.64. The highest BCUT2D eigenvalue weighted by atomic mass is 32.2. The molecule has 0 aliphatic carbocycles. The van der Waals surface area contributed by atoms with E-state index in [2.05, 4.69) is 0 Å². The fourth-order valence-electron chi connectivity index (χ4n) is 4.28. The summed E-state index contributed by atoms with van der Waals surface area (Å²) in [4.78, 5) is 14.8. The summed E-state index contributed by atoms with van der Waals surface area (Å²) in [6.45, 7) is 6.33. The zero-order chi connectivity index (χ0) is 18.1. The molecule has 3 rings (SSSR count). The number of likely N-dealkylation sites (N-methyl/N-ethyl adjacent to an activating group) is 1. The number of hydrogen-bond acceptors (Lipinski definition) is 3. The number of benzene rings is 1. The summed E-state index contributed by atoms with van der Waals surface area (Å²) in [5.74, 6) is 0.263. The van der Waals surface area contributed by atoms with Crippen molar-refractivity contribution in [1.82, 2.24) is 9.21 Å². The second-order valence-electron chi connectivity index (χ2n) is 7.32. The SMILES string of the molecule is CCN1CC2(CCN(S(=O)(=O)CC)CC2)C[C@@H](c2ccccc2)C1=O. The van der Waals surface area contributed by atoms with Crippen molar-refractivity contribution >= 4 is 15.9 Å². The molecule has 0 N–H and O–H groups in total. The number of rotatable bonds is 4. The van der Waals surface area contributed by atoms with Crippen molar-refractivity contribution in [2.24, 2.45) is 5.41 Å². The van der Waals surface area contributed by atoms with Crippen LogP contribution in [0.3, 0.4) is 0 Å². The fraction of sp³-hybridized carbons (Fsp3) is 0.632. The van der Waals surface area contributed by atoms with Crippen LogP contribution in [0, 0.1) is 5.41 Å². The molecule has 0 bridgehead atoms. The third-order valence-corrected chi connectivity index (χ3v) is 7.78. The van der Waals surface area contributed by atoms with E-state index in [0.29, 0.717) is 19.6 Å². The van der Waals surface area contributed by atoms with Crippen LogP contribution in [0.4, 0.5) is 0 Å². The molecule has 1 spiro atoms. The predicted molar refractivity (Wildman–Crippen MR) is 98.8 cm³/mol. The zero-order valence-corrected chi connectivity index (χ0v) is 16.0. The first-order valence-corrected chi connectivity index (χ1v) is 10.8. The van der Waals surface area contributed by atoms with Crippen LogP contribution in [-0.2, 0) is 14.8 Å². The lowest BCUT2D eigenvalue weighted by Gasteiger charge is -2.49. The molecular formula is C19H28N2O3S. The van der Waals surface area contributed by atoms with Crippen LogP contribution in [0.15, 0.2) is 30.3 Å². The Morgan fingerprint density at radius 2 is 1.76 bits per heavy atom. The van der Waals surface area contributed by atoms with E-state index in [0.717, 1.165) is 31.4 Å². The van der Waals surface area contributed by atoms with Crippen molar-refractivity contribution in [3.63, 3.8) is 0 Å². The zero-order valence-electron chi connectivity index (χ0n) is 15.1. The molecule has 5 nitrogen and oxygen atoms in total. The highest BCUT2D eigenvalue weighted by Gasteiger charge is 2.46. The average molecular weight is 365 g/mol. The van der Waals surface area contributed by atoms with Gasteiger partial charge in [-0.05, 0) is 44.1 Å². The van der Waals surface area contributed by atoms with Crippen LogP contribution in [0.5, 0.6) is 0 Å². The molecule has 0 radical (unpaired) electrons. The molecule has 1 aromatic rings. The molecule has 1 amide bonds. The lowest BCUT2D eigenvalue weighted by Crippen LogP contribution is -2.54. The Kier molecular flexibility index (Phi) is 5.21. The molecule has 6 heteroatoms. The summed E-state index contributed by atoms with van der Waals surface area (Å²) in [6.07, 6.45) is 2.49. The monoisotopic (exact) mass is 364 g/mol. The molecule has 0 saturated carbocycles. The van der Waals surface area contributed by atoms with Gasteiger partial charge in [0.1, 0.15) is 0 Å². The van der Waals surface area contributed by atoms with Gasteiger partial charge < -0.3 is 4.90 Å². The van der Waals surface area contributed by atoms with E-state index < -0.39 is 10.0 Å². The van der Waals surface area contributed by atoms with Gasteiger partial charge in [-0.3, -0.25) is 4.79 Å². The van der Waals surface area contributed by atoms with E-state index in [9.17, 15) is 13.2 Å². The Balaban J connectivity index is 1.82. The standard InChI is InChI=1S/C19H28N2O3S/c1-3-20-15-19(10-12-21(13-11-19)25(23,24)4-2)14-17(18(20)22)16-8-6-5-7-9-16/h5-9,17H,3-4,10-15H2,1-2H3/t17-/m0/s1. The van der Waals surface area contributed by atoms with Gasteiger partial charge in [0.25, 0.3) is 0 Å². The summed E-state index contributed by atoms with van der Waals surface area (Å²) in [5, 5.41) is 0. The molecular weight excluding hydrogens is 336 g/mol. The number of hydrogen-bond donors (Lipinski definition) is 0. The van der Waals surface area contributed by atoms with Crippen molar-refractivity contribution in [2.45, 2.75) is 39.0 Å². The van der Waals surface area contributed by atoms with Gasteiger partial charge in [0.15, 0.2) is 0 Å². The number of sulfonamides is 1. The first-order valence-electron chi connectivity index (χ1n) is 9.22. The Morgan fingerprint density at radius 1 is 1.12 bits per heavy atom. The van der Waals surface area contributed by atoms with E-state index in [4.69, 9.17) is 0 Å². The number of nitrogens with zero attached hydrogens (tertiary/aromatic N) is 2. The smallest absolute Gasteiger partial charge is 0.230 e. The van der Waals surface area contributed by atoms with E-state index >= 15 is 0 Å². The minimum atomic E-state index is -3.12. The van der Waals surface area contributed by atoms with E-state index in [1.165, 1.54) is 0 Å². The lowest BCUT2D eigenvalue weighted by molar-refractivity contribution is -0.141. The van der Waals surface area contributed by atoms with Crippen molar-refractivity contribution in [3.05, 3.63) is 35.9 Å². The summed E-state index contributed by atoms with van der Waals surface area (Å²) in [5.41, 5.74) is 1.11. The molecule has 2 aliphatic heterocycles. The Morgan fingerprint density at radius 3 is 2.32 bits per heavy atom. The lowest BCUT2D eigenvalue weighted by atomic mass is 9.68. The minimum Gasteiger partial charge on any atom is -0.342 e. The van der Waals surface area contributed by atoms with Crippen LogP contribution >= 0.6 is 0 Å². The first-order chi connectivity index (χ1) is 11.9. The third-order valence-electron chi connectivity index (χ3n) is 5.90. The first kappa shape index (κ1) is 18.4. The second kappa shape index (κ2) is 7.08. The number of carbonyl (C=O) groups excluding carboxylic acids is 1. The van der Waals surface area contributed by atoms with Crippen LogP contribution in [0.2, 0.25) is 0 Å². The fourth-order valence-corrected chi connectivity index (χ4v) is 5.39. The molecule has 1 atom stereocenters. The predicted octanol–water partition coefficient (Wildman–Crippen LogP) is 2.45. The van der Waals surface area contributed by atoms with Crippen molar-refractivity contribution in [2.75, 3.05) is 31.9 Å². The Hall–Kier alpha value is -1.40. The summed E-state index contributed by atoms with van der Waals surface area (Å²) < 4.78 is 25.9. The van der Waals surface area contributed by atoms with Gasteiger partial charge in [-0.25, -0.2) is 12.7 Å². The Labute approximate surface area is 151 Å². The molecule has 25 heavy (non-hydrogen) atoms. The molecule has 2 saturated heterocycles. The van der Waals surface area contributed by atoms with E-state index in [1.54, 1.807) is 11.2 Å². The maximum Gasteiger partial charge on any atom is 0.230 e. The van der Waals surface area contributed by atoms with Gasteiger partial charge in [0.05, 0.1) is 11.7 Å². The highest BCUT2D eigenvalue weighted by Crippen LogP contribution is 2.45. The number of likely N-dealkylation sites (tertiary alicyclic amines) is 1. The van der Waals surface area contributed by atoms with Gasteiger partial charge in [-0.1, -0.05) is 30.3 Å². The van der Waals surface area contributed by atoms with Gasteiger partial charge in [0, 0.05) is 26.2 Å². The van der Waals surface area contributed by atoms with Gasteiger partial charge in [0.2, 0.25) is 15.9 Å². The quantitative estimate of drug-likeness (QED) is 0.825. The van der Waals surface area contributed by atoms with Crippen LogP contribution in [-0.4, -0.2) is 55.5 Å². The normalized spacial score (nSPS) is 24.6. The molecule has 138 valence electrons. The topological polar surface area (TPSA) is 57.7 Å². The third kappa shape index (κ3) is 3.60. The molecule has 1 aromatic carbocycles. The van der Waals surface area contributed by atoms with Gasteiger partial charge >= 0.3 is 0 Å². The maximum atomic E-state index is 12.9. The van der Waals surface area contributed by atoms with E-state index in [1.807, 2.05) is 42.2 Å². The molecule has 2 heterocycles. The van der Waals surface area contributed by atoms with Crippen molar-refractivity contribution in [3.8, 4) is 0 Å². The minimum absolute atomic E-state index is 0.0319. The van der Waals surface area contributed by atoms with Gasteiger partial charge in [-0.2, -0.15) is 0 Å². The molecule has 0 aromatic heterocycles. The van der Waals surface area contributed by atoms with Crippen molar-refractivity contribution < 1.29 is 13.2 Å². The van der Waals surface area contributed by atoms with E-state index in [-0.39, 0.29) is 23.0 Å². The highest BCUT2D eigenvalue weighted by molar-refractivity contribution is 7.89. The van der Waals surface area contributed by atoms with Crippen LogP contribution < -0.4 is 0 Å². The summed E-state index contributed by atoms with van der Waals surface area (Å²) in [6, 6.07) is 10.0. The summed E-state index contributed by atoms with van der Waals surface area (Å²) >= 11 is 0.